The lowest BCUT2D eigenvalue weighted by Gasteiger charge is -2.34. The van der Waals surface area contributed by atoms with E-state index in [1.807, 2.05) is 0 Å². The number of nitrogens with zero attached hydrogens (tertiary/aromatic N) is 1. The van der Waals surface area contributed by atoms with Crippen molar-refractivity contribution in [1.29, 1.82) is 0 Å². The zero-order valence-electron chi connectivity index (χ0n) is 24.3. The van der Waals surface area contributed by atoms with Crippen LogP contribution in [0.3, 0.4) is 0 Å². The van der Waals surface area contributed by atoms with E-state index in [1.165, 1.54) is 108 Å². The first-order valence-electron chi connectivity index (χ1n) is 15.1. The van der Waals surface area contributed by atoms with Crippen molar-refractivity contribution in [3.05, 3.63) is 0 Å². The Morgan fingerprint density at radius 1 is 0.471 bits per heavy atom. The molecule has 5 heteroatoms. The van der Waals surface area contributed by atoms with Gasteiger partial charge in [0, 0.05) is 0 Å². The fourth-order valence-electron chi connectivity index (χ4n) is 4.41. The second-order valence-corrected chi connectivity index (χ2v) is 11.8. The van der Waals surface area contributed by atoms with Gasteiger partial charge in [-0.25, -0.2) is 0 Å². The summed E-state index contributed by atoms with van der Waals surface area (Å²) in [5.74, 6) is 0.192. The maximum atomic E-state index is 11.8. The van der Waals surface area contributed by atoms with Crippen LogP contribution in [-0.2, 0) is 14.3 Å². The quantitative estimate of drug-likeness (QED) is 0.0745. The Kier molecular flexibility index (Phi) is 27.5. The number of unbranched alkanes of at least 4 members (excludes halogenated alkanes) is 15. The summed E-state index contributed by atoms with van der Waals surface area (Å²) in [5, 5.41) is 0. The Hall–Kier alpha value is -0.130. The van der Waals surface area contributed by atoms with E-state index < -0.39 is 10.1 Å². The molecule has 0 aliphatic rings. The highest BCUT2D eigenvalue weighted by Crippen LogP contribution is 2.12. The van der Waals surface area contributed by atoms with Gasteiger partial charge in [0.1, 0.15) is 0 Å². The van der Waals surface area contributed by atoms with Gasteiger partial charge in [0.2, 0.25) is 0 Å². The molecule has 0 aliphatic carbocycles. The van der Waals surface area contributed by atoms with Gasteiger partial charge in [-0.2, -0.15) is 8.42 Å². The van der Waals surface area contributed by atoms with Crippen LogP contribution in [0.15, 0.2) is 0 Å². The molecule has 0 spiro atoms. The number of rotatable bonds is 24. The van der Waals surface area contributed by atoms with Crippen LogP contribution in [0.2, 0.25) is 0 Å². The highest BCUT2D eigenvalue weighted by atomic mass is 32.2. The summed E-state index contributed by atoms with van der Waals surface area (Å²) >= 11 is 0. The molecule has 34 heavy (non-hydrogen) atoms. The molecule has 0 fully saturated rings. The first-order chi connectivity index (χ1) is 16.4. The average molecular weight is 507 g/mol. The van der Waals surface area contributed by atoms with Gasteiger partial charge >= 0.3 is 0 Å². The summed E-state index contributed by atoms with van der Waals surface area (Å²) < 4.78 is 29.9. The minimum atomic E-state index is -3.29. The van der Waals surface area contributed by atoms with Gasteiger partial charge < -0.3 is 4.48 Å². The normalized spacial score (nSPS) is 11.9. The third kappa shape index (κ3) is 23.6. The van der Waals surface area contributed by atoms with Gasteiger partial charge in [-0.3, -0.25) is 4.18 Å². The molecule has 0 saturated heterocycles. The van der Waals surface area contributed by atoms with Gasteiger partial charge in [-0.15, -0.1) is 0 Å². The highest BCUT2D eigenvalue weighted by Gasteiger charge is 2.16. The molecule has 0 aromatic heterocycles. The molecule has 0 N–H and O–H groups in total. The Bertz CT molecular complexity index is 472. The molecule has 0 amide bonds. The maximum Gasteiger partial charge on any atom is 0.267 e. The van der Waals surface area contributed by atoms with E-state index in [0.29, 0.717) is 6.61 Å². The minimum absolute atomic E-state index is 0.192. The first-order valence-corrected chi connectivity index (χ1v) is 16.7. The fourth-order valence-corrected chi connectivity index (χ4v) is 5.46. The van der Waals surface area contributed by atoms with Crippen molar-refractivity contribution >= 4 is 10.1 Å². The molecule has 4 nitrogen and oxygen atoms in total. The lowest BCUT2D eigenvalue weighted by Crippen LogP contribution is -2.47. The second kappa shape index (κ2) is 25.9. The zero-order chi connectivity index (χ0) is 26.0. The van der Waals surface area contributed by atoms with Gasteiger partial charge in [-0.1, -0.05) is 110 Å². The first kappa shape index (κ1) is 36.0. The molecule has 0 aromatic rings. The smallest absolute Gasteiger partial charge is 0.267 e. The largest absolute Gasteiger partial charge is 0.325 e. The van der Waals surface area contributed by atoms with Crippen LogP contribution in [0.5, 0.6) is 0 Å². The summed E-state index contributed by atoms with van der Waals surface area (Å²) in [6.07, 6.45) is 20.5. The van der Waals surface area contributed by atoms with Crippen LogP contribution in [0, 0.1) is 0 Å². The fraction of sp³-hybridized carbons (Fsp3) is 1.00. The van der Waals surface area contributed by atoms with Crippen molar-refractivity contribution in [2.75, 3.05) is 38.5 Å². The molecule has 0 rings (SSSR count). The van der Waals surface area contributed by atoms with E-state index in [-0.39, 0.29) is 5.75 Å². The van der Waals surface area contributed by atoms with Crippen LogP contribution in [0.1, 0.15) is 151 Å². The molecule has 0 unspecified atom stereocenters. The lowest BCUT2D eigenvalue weighted by atomic mass is 10.1. The number of quaternary nitrogens is 1. The van der Waals surface area contributed by atoms with Crippen LogP contribution < -0.4 is 0 Å². The minimum Gasteiger partial charge on any atom is -0.325 e. The summed E-state index contributed by atoms with van der Waals surface area (Å²) in [5.41, 5.74) is 0. The molecule has 208 valence electrons. The summed E-state index contributed by atoms with van der Waals surface area (Å²) in [6, 6.07) is 0. The van der Waals surface area contributed by atoms with E-state index in [1.54, 1.807) is 0 Å². The third-order valence-electron chi connectivity index (χ3n) is 7.44. The van der Waals surface area contributed by atoms with E-state index in [2.05, 4.69) is 41.5 Å². The topological polar surface area (TPSA) is 43.4 Å². The average Bonchev–Trinajstić information content (AvgIpc) is 2.84. The molecular formula is C29H64NO3S+. The van der Waals surface area contributed by atoms with Gasteiger partial charge in [-0.05, 0) is 40.5 Å². The molecule has 0 atom stereocenters. The van der Waals surface area contributed by atoms with Crippen LogP contribution in [-0.4, -0.2) is 51.4 Å². The van der Waals surface area contributed by atoms with Crippen LogP contribution >= 0.6 is 0 Å². The van der Waals surface area contributed by atoms with E-state index in [0.717, 1.165) is 32.1 Å². The SMILES string of the molecule is CCCCCCCCCCCCCOS(=O)(=O)CCCCCCCC.CC[N+](CC)(CC)CC. The number of hydrogen-bond donors (Lipinski definition) is 0. The molecule has 0 radical (unpaired) electrons. The maximum absolute atomic E-state index is 11.8. The summed E-state index contributed by atoms with van der Waals surface area (Å²) in [7, 11) is -3.29. The van der Waals surface area contributed by atoms with Crippen molar-refractivity contribution in [3.8, 4) is 0 Å². The molecule has 0 saturated carbocycles. The molecule has 0 heterocycles. The van der Waals surface area contributed by atoms with Crippen LogP contribution in [0.4, 0.5) is 0 Å². The van der Waals surface area contributed by atoms with Crippen LogP contribution in [0.25, 0.3) is 0 Å². The van der Waals surface area contributed by atoms with E-state index in [9.17, 15) is 8.42 Å². The summed E-state index contributed by atoms with van der Waals surface area (Å²) in [6.45, 7) is 19.0. The van der Waals surface area contributed by atoms with Gasteiger partial charge in [0.25, 0.3) is 10.1 Å². The Morgan fingerprint density at radius 3 is 1.12 bits per heavy atom. The lowest BCUT2D eigenvalue weighted by molar-refractivity contribution is -0.921. The zero-order valence-corrected chi connectivity index (χ0v) is 25.2. The summed E-state index contributed by atoms with van der Waals surface area (Å²) in [4.78, 5) is 0. The van der Waals surface area contributed by atoms with Gasteiger partial charge in [0.15, 0.2) is 0 Å². The Labute approximate surface area is 216 Å². The van der Waals surface area contributed by atoms with Crippen molar-refractivity contribution in [2.45, 2.75) is 151 Å². The molecule has 0 bridgehead atoms. The molecular weight excluding hydrogens is 442 g/mol. The highest BCUT2D eigenvalue weighted by molar-refractivity contribution is 7.86. The van der Waals surface area contributed by atoms with Gasteiger partial charge in [0.05, 0.1) is 38.5 Å². The Morgan fingerprint density at radius 2 is 0.794 bits per heavy atom. The molecule has 0 aliphatic heterocycles. The number of hydrogen-bond acceptors (Lipinski definition) is 3. The van der Waals surface area contributed by atoms with Crippen molar-refractivity contribution in [2.24, 2.45) is 0 Å². The van der Waals surface area contributed by atoms with Crippen molar-refractivity contribution < 1.29 is 17.1 Å². The van der Waals surface area contributed by atoms with E-state index in [4.69, 9.17) is 4.18 Å². The monoisotopic (exact) mass is 506 g/mol. The second-order valence-electron chi connectivity index (χ2n) is 9.99. The predicted octanol–water partition coefficient (Wildman–Crippen LogP) is 8.89. The van der Waals surface area contributed by atoms with E-state index >= 15 is 0 Å². The standard InChI is InChI=1S/C21H44O3S.C8H20N/c1-3-5-7-9-11-12-13-14-15-16-18-20-24-25(22,23)21-19-17-10-8-6-4-2;1-5-9(6-2,7-3)8-4/h3-21H2,1-2H3;5-8H2,1-4H3/q;+1. The predicted molar refractivity (Wildman–Crippen MR) is 152 cm³/mol. The molecule has 0 aromatic carbocycles. The van der Waals surface area contributed by atoms with Crippen molar-refractivity contribution in [1.82, 2.24) is 0 Å². The Balaban J connectivity index is 0. The third-order valence-corrected chi connectivity index (χ3v) is 8.76. The van der Waals surface area contributed by atoms with Crippen molar-refractivity contribution in [3.63, 3.8) is 0 Å².